The number of aryl methyl sites for hydroxylation is 1. The lowest BCUT2D eigenvalue weighted by Gasteiger charge is -2.22. The van der Waals surface area contributed by atoms with Gasteiger partial charge in [0.25, 0.3) is 0 Å². The summed E-state index contributed by atoms with van der Waals surface area (Å²) in [6.07, 6.45) is 3.45. The third-order valence-electron chi connectivity index (χ3n) is 3.97. The minimum Gasteiger partial charge on any atom is -0.355 e. The van der Waals surface area contributed by atoms with Gasteiger partial charge >= 0.3 is 0 Å². The second kappa shape index (κ2) is 7.20. The fraction of sp³-hybridized carbons (Fsp3) is 0.500. The first kappa shape index (κ1) is 15.4. The fourth-order valence-corrected chi connectivity index (χ4v) is 2.70. The van der Waals surface area contributed by atoms with E-state index in [0.717, 1.165) is 57.2 Å². The summed E-state index contributed by atoms with van der Waals surface area (Å²) in [5.41, 5.74) is 0.592. The Hall–Kier alpha value is -2.46. The highest BCUT2D eigenvalue weighted by atomic mass is 16.5. The summed E-state index contributed by atoms with van der Waals surface area (Å²) in [5, 5.41) is 12.9. The van der Waals surface area contributed by atoms with E-state index in [1.54, 1.807) is 6.20 Å². The van der Waals surface area contributed by atoms with Gasteiger partial charge in [0.1, 0.15) is 11.9 Å². The number of nitrogens with zero attached hydrogens (tertiary/aromatic N) is 6. The molecule has 1 saturated heterocycles. The summed E-state index contributed by atoms with van der Waals surface area (Å²) < 4.78 is 5.16. The molecule has 1 aliphatic heterocycles. The van der Waals surface area contributed by atoms with Gasteiger partial charge in [-0.1, -0.05) is 12.1 Å². The predicted octanol–water partition coefficient (Wildman–Crippen LogP) is 1.61. The molecule has 0 atom stereocenters. The Morgan fingerprint density at radius 3 is 2.87 bits per heavy atom. The highest BCUT2D eigenvalue weighted by Crippen LogP contribution is 2.15. The summed E-state index contributed by atoms with van der Waals surface area (Å²) in [6.45, 7) is 6.52. The van der Waals surface area contributed by atoms with E-state index in [-0.39, 0.29) is 0 Å². The molecule has 23 heavy (non-hydrogen) atoms. The van der Waals surface area contributed by atoms with Gasteiger partial charge in [-0.15, -0.1) is 0 Å². The van der Waals surface area contributed by atoms with E-state index in [0.29, 0.717) is 11.5 Å². The number of nitriles is 1. The highest BCUT2D eigenvalue weighted by molar-refractivity contribution is 5.42. The maximum Gasteiger partial charge on any atom is 0.226 e. The lowest BCUT2D eigenvalue weighted by molar-refractivity contribution is 0.271. The number of rotatable bonds is 4. The van der Waals surface area contributed by atoms with Crippen molar-refractivity contribution in [1.29, 1.82) is 5.26 Å². The quantitative estimate of drug-likeness (QED) is 0.848. The van der Waals surface area contributed by atoms with Crippen LogP contribution in [0.5, 0.6) is 0 Å². The second-order valence-electron chi connectivity index (χ2n) is 5.59. The zero-order valence-corrected chi connectivity index (χ0v) is 13.3. The number of hydrogen-bond donors (Lipinski definition) is 0. The first-order valence-electron chi connectivity index (χ1n) is 7.93. The fourth-order valence-electron chi connectivity index (χ4n) is 2.70. The zero-order chi connectivity index (χ0) is 16.1. The minimum atomic E-state index is 0.592. The SMILES string of the molecule is CCc1nc(CN2CCCN(c3ccc(C#N)cn3)CC2)no1. The maximum atomic E-state index is 8.85. The van der Waals surface area contributed by atoms with Gasteiger partial charge in [0, 0.05) is 38.8 Å². The Morgan fingerprint density at radius 2 is 2.17 bits per heavy atom. The molecule has 120 valence electrons. The highest BCUT2D eigenvalue weighted by Gasteiger charge is 2.18. The largest absolute Gasteiger partial charge is 0.355 e. The third kappa shape index (κ3) is 3.85. The van der Waals surface area contributed by atoms with E-state index >= 15 is 0 Å². The van der Waals surface area contributed by atoms with Crippen LogP contribution >= 0.6 is 0 Å². The minimum absolute atomic E-state index is 0.592. The van der Waals surface area contributed by atoms with Gasteiger partial charge < -0.3 is 9.42 Å². The third-order valence-corrected chi connectivity index (χ3v) is 3.97. The first-order chi connectivity index (χ1) is 11.3. The lowest BCUT2D eigenvalue weighted by atomic mass is 10.3. The van der Waals surface area contributed by atoms with Crippen molar-refractivity contribution in [2.24, 2.45) is 0 Å². The van der Waals surface area contributed by atoms with Crippen LogP contribution in [0, 0.1) is 11.3 Å². The standard InChI is InChI=1S/C16H20N6O/c1-2-16-19-14(20-23-16)12-21-6-3-7-22(9-8-21)15-5-4-13(10-17)11-18-15/h4-5,11H,2-3,6-9,12H2,1H3. The van der Waals surface area contributed by atoms with E-state index in [1.165, 1.54) is 0 Å². The summed E-state index contributed by atoms with van der Waals surface area (Å²) in [7, 11) is 0. The van der Waals surface area contributed by atoms with Crippen molar-refractivity contribution in [2.45, 2.75) is 26.3 Å². The number of aromatic nitrogens is 3. The summed E-state index contributed by atoms with van der Waals surface area (Å²) in [5.74, 6) is 2.38. The van der Waals surface area contributed by atoms with Crippen molar-refractivity contribution in [1.82, 2.24) is 20.0 Å². The van der Waals surface area contributed by atoms with Gasteiger partial charge in [-0.3, -0.25) is 4.90 Å². The Balaban J connectivity index is 1.59. The van der Waals surface area contributed by atoms with Crippen LogP contribution in [0.1, 0.15) is 30.6 Å². The molecule has 0 radical (unpaired) electrons. The van der Waals surface area contributed by atoms with Gasteiger partial charge in [-0.2, -0.15) is 10.2 Å². The molecule has 0 bridgehead atoms. The smallest absolute Gasteiger partial charge is 0.226 e. The van der Waals surface area contributed by atoms with Crippen LogP contribution in [-0.4, -0.2) is 46.2 Å². The molecule has 0 spiro atoms. The summed E-state index contributed by atoms with van der Waals surface area (Å²) >= 11 is 0. The molecule has 7 heteroatoms. The van der Waals surface area contributed by atoms with E-state index in [9.17, 15) is 0 Å². The van der Waals surface area contributed by atoms with Crippen LogP contribution in [0.25, 0.3) is 0 Å². The van der Waals surface area contributed by atoms with Gasteiger partial charge in [-0.05, 0) is 18.6 Å². The van der Waals surface area contributed by atoms with E-state index < -0.39 is 0 Å². The Morgan fingerprint density at radius 1 is 1.26 bits per heavy atom. The number of anilines is 1. The molecular formula is C16H20N6O. The molecule has 7 nitrogen and oxygen atoms in total. The molecule has 1 aliphatic rings. The average molecular weight is 312 g/mol. The van der Waals surface area contributed by atoms with Gasteiger partial charge in [0.2, 0.25) is 5.89 Å². The molecule has 2 aromatic rings. The van der Waals surface area contributed by atoms with Crippen molar-refractivity contribution >= 4 is 5.82 Å². The van der Waals surface area contributed by atoms with Crippen LogP contribution in [0.3, 0.4) is 0 Å². The lowest BCUT2D eigenvalue weighted by Crippen LogP contribution is -2.31. The van der Waals surface area contributed by atoms with Crippen molar-refractivity contribution in [3.05, 3.63) is 35.6 Å². The normalized spacial score (nSPS) is 16.1. The Kier molecular flexibility index (Phi) is 4.83. The summed E-state index contributed by atoms with van der Waals surface area (Å²) in [4.78, 5) is 13.4. The van der Waals surface area contributed by atoms with Crippen LogP contribution < -0.4 is 4.90 Å². The molecule has 0 unspecified atom stereocenters. The monoisotopic (exact) mass is 312 g/mol. The molecule has 3 heterocycles. The average Bonchev–Trinajstić information content (AvgIpc) is 2.92. The molecule has 2 aromatic heterocycles. The topological polar surface area (TPSA) is 82.1 Å². The molecule has 3 rings (SSSR count). The van der Waals surface area contributed by atoms with Crippen molar-refractivity contribution in [3.8, 4) is 6.07 Å². The molecule has 0 aromatic carbocycles. The Labute approximate surface area is 135 Å². The number of hydrogen-bond acceptors (Lipinski definition) is 7. The van der Waals surface area contributed by atoms with E-state index in [2.05, 4.69) is 31.0 Å². The van der Waals surface area contributed by atoms with E-state index in [4.69, 9.17) is 9.78 Å². The van der Waals surface area contributed by atoms with E-state index in [1.807, 2.05) is 19.1 Å². The van der Waals surface area contributed by atoms with Gasteiger partial charge in [0.15, 0.2) is 5.82 Å². The van der Waals surface area contributed by atoms with Gasteiger partial charge in [0.05, 0.1) is 12.1 Å². The molecule has 0 amide bonds. The molecule has 0 saturated carbocycles. The molecule has 1 fully saturated rings. The summed E-state index contributed by atoms with van der Waals surface area (Å²) in [6, 6.07) is 5.83. The molecular weight excluding hydrogens is 292 g/mol. The van der Waals surface area contributed by atoms with Crippen molar-refractivity contribution in [2.75, 3.05) is 31.1 Å². The van der Waals surface area contributed by atoms with Crippen molar-refractivity contribution in [3.63, 3.8) is 0 Å². The second-order valence-corrected chi connectivity index (χ2v) is 5.59. The number of pyridine rings is 1. The van der Waals surface area contributed by atoms with Crippen LogP contribution in [0.4, 0.5) is 5.82 Å². The first-order valence-corrected chi connectivity index (χ1v) is 7.93. The molecule has 0 N–H and O–H groups in total. The van der Waals surface area contributed by atoms with Crippen LogP contribution in [-0.2, 0) is 13.0 Å². The zero-order valence-electron chi connectivity index (χ0n) is 13.3. The molecule has 0 aliphatic carbocycles. The predicted molar refractivity (Wildman–Crippen MR) is 84.7 cm³/mol. The van der Waals surface area contributed by atoms with Gasteiger partial charge in [-0.25, -0.2) is 4.98 Å². The maximum absolute atomic E-state index is 8.85. The van der Waals surface area contributed by atoms with Crippen LogP contribution in [0.15, 0.2) is 22.9 Å². The van der Waals surface area contributed by atoms with Crippen LogP contribution in [0.2, 0.25) is 0 Å². The van der Waals surface area contributed by atoms with Crippen molar-refractivity contribution < 1.29 is 4.52 Å². The Bertz CT molecular complexity index is 675.